The Labute approximate surface area is 92.8 Å². The molecule has 1 rings (SSSR count). The van der Waals surface area contributed by atoms with E-state index in [-0.39, 0.29) is 17.9 Å². The van der Waals surface area contributed by atoms with Gasteiger partial charge in [0.15, 0.2) is 0 Å². The number of nitrogens with two attached hydrogens (primary N) is 1. The van der Waals surface area contributed by atoms with E-state index in [1.165, 1.54) is 6.42 Å². The molecule has 1 aliphatic carbocycles. The Kier molecular flexibility index (Phi) is 4.14. The van der Waals surface area contributed by atoms with Gasteiger partial charge in [0.25, 0.3) is 0 Å². The molecule has 0 spiro atoms. The van der Waals surface area contributed by atoms with Crippen LogP contribution in [0.4, 0.5) is 0 Å². The summed E-state index contributed by atoms with van der Waals surface area (Å²) in [6, 6.07) is -0.0367. The van der Waals surface area contributed by atoms with E-state index >= 15 is 0 Å². The summed E-state index contributed by atoms with van der Waals surface area (Å²) in [5.41, 5.74) is 5.81. The molecule has 0 aliphatic heterocycles. The molecule has 3 N–H and O–H groups in total. The van der Waals surface area contributed by atoms with Gasteiger partial charge in [-0.2, -0.15) is 0 Å². The van der Waals surface area contributed by atoms with Crippen molar-refractivity contribution >= 4 is 5.91 Å². The first kappa shape index (κ1) is 12.5. The van der Waals surface area contributed by atoms with Crippen LogP contribution in [-0.2, 0) is 4.79 Å². The molecular formula is C12H24N2O. The number of nitrogens with one attached hydrogen (secondary N) is 1. The SMILES string of the molecule is CC1CCC(NC(=O)[C@H](N)C(C)C)C1C. The van der Waals surface area contributed by atoms with Gasteiger partial charge < -0.3 is 11.1 Å². The first-order valence-electron chi connectivity index (χ1n) is 5.99. The highest BCUT2D eigenvalue weighted by Crippen LogP contribution is 2.31. The summed E-state index contributed by atoms with van der Waals surface area (Å²) in [5.74, 6) is 1.51. The number of carbonyl (C=O) groups is 1. The van der Waals surface area contributed by atoms with Gasteiger partial charge in [-0.3, -0.25) is 4.79 Å². The molecule has 0 aromatic carbocycles. The zero-order valence-electron chi connectivity index (χ0n) is 10.3. The van der Waals surface area contributed by atoms with Crippen molar-refractivity contribution < 1.29 is 4.79 Å². The lowest BCUT2D eigenvalue weighted by Crippen LogP contribution is -2.48. The minimum Gasteiger partial charge on any atom is -0.352 e. The fraction of sp³-hybridized carbons (Fsp3) is 0.917. The third-order valence-electron chi connectivity index (χ3n) is 3.81. The van der Waals surface area contributed by atoms with Crippen molar-refractivity contribution in [2.75, 3.05) is 0 Å². The van der Waals surface area contributed by atoms with Gasteiger partial charge in [-0.05, 0) is 30.6 Å². The maximum absolute atomic E-state index is 11.8. The average Bonchev–Trinajstić information content (AvgIpc) is 2.48. The van der Waals surface area contributed by atoms with Gasteiger partial charge in [-0.25, -0.2) is 0 Å². The second-order valence-corrected chi connectivity index (χ2v) is 5.30. The van der Waals surface area contributed by atoms with Gasteiger partial charge in [0.1, 0.15) is 0 Å². The summed E-state index contributed by atoms with van der Waals surface area (Å²) in [6.45, 7) is 8.42. The second-order valence-electron chi connectivity index (χ2n) is 5.30. The maximum atomic E-state index is 11.8. The van der Waals surface area contributed by atoms with Crippen LogP contribution in [0.2, 0.25) is 0 Å². The topological polar surface area (TPSA) is 55.1 Å². The Hall–Kier alpha value is -0.570. The largest absolute Gasteiger partial charge is 0.352 e. The molecular weight excluding hydrogens is 188 g/mol. The number of carbonyl (C=O) groups excluding carboxylic acids is 1. The molecule has 0 heterocycles. The van der Waals surface area contributed by atoms with Crippen LogP contribution in [-0.4, -0.2) is 18.0 Å². The van der Waals surface area contributed by atoms with Crippen LogP contribution in [0.1, 0.15) is 40.5 Å². The Morgan fingerprint density at radius 3 is 2.33 bits per heavy atom. The predicted molar refractivity (Wildman–Crippen MR) is 62.3 cm³/mol. The molecule has 0 aromatic rings. The fourth-order valence-corrected chi connectivity index (χ4v) is 2.15. The van der Waals surface area contributed by atoms with Crippen LogP contribution in [0.5, 0.6) is 0 Å². The highest BCUT2D eigenvalue weighted by Gasteiger charge is 2.32. The van der Waals surface area contributed by atoms with E-state index in [0.29, 0.717) is 17.9 Å². The van der Waals surface area contributed by atoms with Crippen molar-refractivity contribution in [3.05, 3.63) is 0 Å². The van der Waals surface area contributed by atoms with E-state index in [4.69, 9.17) is 5.73 Å². The molecule has 0 aromatic heterocycles. The molecule has 0 bridgehead atoms. The van der Waals surface area contributed by atoms with Gasteiger partial charge in [0.05, 0.1) is 6.04 Å². The molecule has 0 saturated heterocycles. The van der Waals surface area contributed by atoms with Crippen molar-refractivity contribution in [1.82, 2.24) is 5.32 Å². The molecule has 3 unspecified atom stereocenters. The minimum atomic E-state index is -0.367. The lowest BCUT2D eigenvalue weighted by Gasteiger charge is -2.23. The van der Waals surface area contributed by atoms with E-state index in [2.05, 4.69) is 19.2 Å². The molecule has 15 heavy (non-hydrogen) atoms. The predicted octanol–water partition coefficient (Wildman–Crippen LogP) is 1.52. The van der Waals surface area contributed by atoms with Gasteiger partial charge in [0.2, 0.25) is 5.91 Å². The summed E-state index contributed by atoms with van der Waals surface area (Å²) in [4.78, 5) is 11.8. The molecule has 88 valence electrons. The summed E-state index contributed by atoms with van der Waals surface area (Å²) >= 11 is 0. The van der Waals surface area contributed by atoms with Crippen LogP contribution < -0.4 is 11.1 Å². The Morgan fingerprint density at radius 2 is 1.93 bits per heavy atom. The third kappa shape index (κ3) is 2.94. The average molecular weight is 212 g/mol. The van der Waals surface area contributed by atoms with Crippen molar-refractivity contribution in [2.45, 2.75) is 52.6 Å². The minimum absolute atomic E-state index is 0.0101. The Bertz CT molecular complexity index is 228. The first-order valence-corrected chi connectivity index (χ1v) is 5.99. The highest BCUT2D eigenvalue weighted by atomic mass is 16.2. The molecule has 3 nitrogen and oxygen atoms in total. The molecule has 3 heteroatoms. The lowest BCUT2D eigenvalue weighted by atomic mass is 9.97. The van der Waals surface area contributed by atoms with E-state index in [0.717, 1.165) is 6.42 Å². The van der Waals surface area contributed by atoms with Gasteiger partial charge in [-0.1, -0.05) is 27.7 Å². The van der Waals surface area contributed by atoms with Crippen molar-refractivity contribution in [1.29, 1.82) is 0 Å². The molecule has 0 radical (unpaired) electrons. The van der Waals surface area contributed by atoms with Crippen molar-refractivity contribution in [3.8, 4) is 0 Å². The first-order chi connectivity index (χ1) is 6.93. The van der Waals surface area contributed by atoms with E-state index < -0.39 is 0 Å². The van der Waals surface area contributed by atoms with Gasteiger partial charge in [0, 0.05) is 6.04 Å². The van der Waals surface area contributed by atoms with E-state index in [9.17, 15) is 4.79 Å². The molecule has 4 atom stereocenters. The maximum Gasteiger partial charge on any atom is 0.237 e. The molecule has 1 amide bonds. The number of hydrogen-bond donors (Lipinski definition) is 2. The number of rotatable bonds is 3. The van der Waals surface area contributed by atoms with Crippen LogP contribution >= 0.6 is 0 Å². The van der Waals surface area contributed by atoms with Gasteiger partial charge >= 0.3 is 0 Å². The number of hydrogen-bond acceptors (Lipinski definition) is 2. The standard InChI is InChI=1S/C12H24N2O/c1-7(2)11(13)12(15)14-10-6-5-8(3)9(10)4/h7-11H,5-6,13H2,1-4H3,(H,14,15)/t8?,9?,10?,11-/m1/s1. The lowest BCUT2D eigenvalue weighted by molar-refractivity contribution is -0.124. The Balaban J connectivity index is 2.45. The van der Waals surface area contributed by atoms with Crippen LogP contribution in [0.25, 0.3) is 0 Å². The monoisotopic (exact) mass is 212 g/mol. The number of amides is 1. The molecule has 1 saturated carbocycles. The normalized spacial score (nSPS) is 33.1. The quantitative estimate of drug-likeness (QED) is 0.745. The van der Waals surface area contributed by atoms with Crippen LogP contribution in [0.15, 0.2) is 0 Å². The summed E-state index contributed by atoms with van der Waals surface area (Å²) in [6.07, 6.45) is 2.31. The Morgan fingerprint density at radius 1 is 1.33 bits per heavy atom. The highest BCUT2D eigenvalue weighted by molar-refractivity contribution is 5.82. The zero-order valence-corrected chi connectivity index (χ0v) is 10.3. The van der Waals surface area contributed by atoms with Crippen LogP contribution in [0.3, 0.4) is 0 Å². The van der Waals surface area contributed by atoms with E-state index in [1.54, 1.807) is 0 Å². The molecule has 1 fully saturated rings. The third-order valence-corrected chi connectivity index (χ3v) is 3.81. The summed E-state index contributed by atoms with van der Waals surface area (Å²) in [7, 11) is 0. The van der Waals surface area contributed by atoms with Crippen molar-refractivity contribution in [3.63, 3.8) is 0 Å². The zero-order chi connectivity index (χ0) is 11.6. The van der Waals surface area contributed by atoms with Gasteiger partial charge in [-0.15, -0.1) is 0 Å². The van der Waals surface area contributed by atoms with Crippen LogP contribution in [0, 0.1) is 17.8 Å². The summed E-state index contributed by atoms with van der Waals surface area (Å²) < 4.78 is 0. The molecule has 1 aliphatic rings. The fourth-order valence-electron chi connectivity index (χ4n) is 2.15. The van der Waals surface area contributed by atoms with E-state index in [1.807, 2.05) is 13.8 Å². The summed E-state index contributed by atoms with van der Waals surface area (Å²) in [5, 5.41) is 3.08. The van der Waals surface area contributed by atoms with Crippen molar-refractivity contribution in [2.24, 2.45) is 23.5 Å². The smallest absolute Gasteiger partial charge is 0.237 e. The second kappa shape index (κ2) is 4.97.